The van der Waals surface area contributed by atoms with Crippen molar-refractivity contribution < 1.29 is 8.42 Å². The summed E-state index contributed by atoms with van der Waals surface area (Å²) in [6.45, 7) is 2.16. The van der Waals surface area contributed by atoms with Crippen LogP contribution >= 0.6 is 12.6 Å². The van der Waals surface area contributed by atoms with Crippen molar-refractivity contribution in [3.05, 3.63) is 0 Å². The van der Waals surface area contributed by atoms with Gasteiger partial charge in [0.1, 0.15) is 5.08 Å². The van der Waals surface area contributed by atoms with Crippen molar-refractivity contribution in [2.75, 3.05) is 11.6 Å². The van der Waals surface area contributed by atoms with Crippen LogP contribution in [0.25, 0.3) is 0 Å². The van der Waals surface area contributed by atoms with E-state index in [1.807, 2.05) is 0 Å². The van der Waals surface area contributed by atoms with Gasteiger partial charge in [0.25, 0.3) is 0 Å². The summed E-state index contributed by atoms with van der Waals surface area (Å²) in [6, 6.07) is 0. The minimum Gasteiger partial charge on any atom is -0.215 e. The van der Waals surface area contributed by atoms with Crippen LogP contribution in [0.4, 0.5) is 0 Å². The van der Waals surface area contributed by atoms with Crippen molar-refractivity contribution >= 4 is 22.7 Å². The Morgan fingerprint density at radius 3 is 2.25 bits per heavy atom. The fraction of sp³-hybridized carbons (Fsp3) is 1.00. The van der Waals surface area contributed by atoms with E-state index in [0.717, 1.165) is 0 Å². The highest BCUT2D eigenvalue weighted by Gasteiger charge is 2.01. The zero-order valence-corrected chi connectivity index (χ0v) is 6.30. The van der Waals surface area contributed by atoms with Gasteiger partial charge in [0.05, 0.1) is 0 Å². The largest absolute Gasteiger partial charge is 0.220 e. The minimum atomic E-state index is -3.06. The Labute approximate surface area is 54.9 Å². The summed E-state index contributed by atoms with van der Waals surface area (Å²) in [7, 11) is -3.06. The van der Waals surface area contributed by atoms with E-state index in [4.69, 9.17) is 0 Å². The SMILES string of the molecule is CCNS(=O)(=O)CS. The fourth-order valence-electron chi connectivity index (χ4n) is 0.266. The van der Waals surface area contributed by atoms with Crippen LogP contribution in [0.1, 0.15) is 6.92 Å². The van der Waals surface area contributed by atoms with Crippen molar-refractivity contribution in [3.8, 4) is 0 Å². The van der Waals surface area contributed by atoms with E-state index >= 15 is 0 Å². The summed E-state index contributed by atoms with van der Waals surface area (Å²) in [4.78, 5) is 0. The molecule has 0 heterocycles. The van der Waals surface area contributed by atoms with Gasteiger partial charge in [-0.25, -0.2) is 13.1 Å². The Morgan fingerprint density at radius 1 is 1.62 bits per heavy atom. The third kappa shape index (κ3) is 3.29. The molecule has 0 fully saturated rings. The maximum absolute atomic E-state index is 10.4. The molecule has 50 valence electrons. The number of nitrogens with one attached hydrogen (secondary N) is 1. The second-order valence-corrected chi connectivity index (χ2v) is 3.79. The molecule has 8 heavy (non-hydrogen) atoms. The quantitative estimate of drug-likeness (QED) is 0.555. The monoisotopic (exact) mass is 155 g/mol. The van der Waals surface area contributed by atoms with E-state index in [0.29, 0.717) is 6.54 Å². The molecular formula is C3H9NO2S2. The zero-order valence-electron chi connectivity index (χ0n) is 4.59. The Morgan fingerprint density at radius 2 is 2.12 bits per heavy atom. The van der Waals surface area contributed by atoms with Gasteiger partial charge in [-0.05, 0) is 0 Å². The third-order valence-electron chi connectivity index (χ3n) is 0.534. The molecule has 0 saturated carbocycles. The summed E-state index contributed by atoms with van der Waals surface area (Å²) in [5.74, 6) is 0. The van der Waals surface area contributed by atoms with Crippen LogP contribution in [-0.4, -0.2) is 20.0 Å². The number of thiol groups is 1. The smallest absolute Gasteiger partial charge is 0.215 e. The summed E-state index contributed by atoms with van der Waals surface area (Å²) in [5.41, 5.74) is 0. The molecule has 0 bridgehead atoms. The Kier molecular flexibility index (Phi) is 3.43. The highest BCUT2D eigenvalue weighted by atomic mass is 32.3. The van der Waals surface area contributed by atoms with Gasteiger partial charge in [0.15, 0.2) is 0 Å². The van der Waals surface area contributed by atoms with Crippen LogP contribution in [0.15, 0.2) is 0 Å². The van der Waals surface area contributed by atoms with Crippen molar-refractivity contribution in [3.63, 3.8) is 0 Å². The molecule has 0 aromatic carbocycles. The van der Waals surface area contributed by atoms with Crippen LogP contribution in [0, 0.1) is 0 Å². The molecule has 0 aromatic heterocycles. The average molecular weight is 155 g/mol. The standard InChI is InChI=1S/C3H9NO2S2/c1-2-4-8(5,6)3-7/h4,7H,2-3H2,1H3. The Bertz CT molecular complexity index is 139. The number of sulfonamides is 1. The second kappa shape index (κ2) is 3.32. The fourth-order valence-corrected chi connectivity index (χ4v) is 1.07. The van der Waals surface area contributed by atoms with Crippen LogP contribution in [-0.2, 0) is 10.0 Å². The molecule has 0 amide bonds. The van der Waals surface area contributed by atoms with Gasteiger partial charge in [-0.3, -0.25) is 0 Å². The molecule has 0 aliphatic heterocycles. The topological polar surface area (TPSA) is 46.2 Å². The molecule has 3 nitrogen and oxygen atoms in total. The predicted octanol–water partition coefficient (Wildman–Crippen LogP) is -0.187. The second-order valence-electron chi connectivity index (χ2n) is 1.24. The molecule has 0 aromatic rings. The molecule has 0 saturated heterocycles. The number of hydrogen-bond donors (Lipinski definition) is 2. The van der Waals surface area contributed by atoms with E-state index in [1.54, 1.807) is 6.92 Å². The van der Waals surface area contributed by atoms with Crippen molar-refractivity contribution in [1.29, 1.82) is 0 Å². The first-order valence-corrected chi connectivity index (χ1v) is 4.49. The van der Waals surface area contributed by atoms with Crippen molar-refractivity contribution in [2.45, 2.75) is 6.92 Å². The average Bonchev–Trinajstić information content (AvgIpc) is 1.67. The number of rotatable bonds is 3. The van der Waals surface area contributed by atoms with Crippen molar-refractivity contribution in [2.24, 2.45) is 0 Å². The van der Waals surface area contributed by atoms with Crippen LogP contribution in [0.5, 0.6) is 0 Å². The van der Waals surface area contributed by atoms with Gasteiger partial charge in [0, 0.05) is 6.54 Å². The molecule has 0 rings (SSSR count). The van der Waals surface area contributed by atoms with Gasteiger partial charge in [0.2, 0.25) is 10.0 Å². The highest BCUT2D eigenvalue weighted by molar-refractivity contribution is 8.02. The minimum absolute atomic E-state index is 0.138. The molecule has 0 radical (unpaired) electrons. The first-order valence-electron chi connectivity index (χ1n) is 2.20. The summed E-state index contributed by atoms with van der Waals surface area (Å²) in [5, 5.41) is -0.138. The van der Waals surface area contributed by atoms with E-state index < -0.39 is 10.0 Å². The maximum atomic E-state index is 10.4. The summed E-state index contributed by atoms with van der Waals surface area (Å²) in [6.07, 6.45) is 0. The maximum Gasteiger partial charge on any atom is 0.220 e. The number of hydrogen-bond acceptors (Lipinski definition) is 3. The lowest BCUT2D eigenvalue weighted by molar-refractivity contribution is 0.589. The molecule has 0 spiro atoms. The Balaban J connectivity index is 3.76. The molecule has 0 unspecified atom stereocenters. The first kappa shape index (κ1) is 8.26. The van der Waals surface area contributed by atoms with Gasteiger partial charge in [-0.2, -0.15) is 12.6 Å². The van der Waals surface area contributed by atoms with E-state index in [-0.39, 0.29) is 5.08 Å². The molecule has 0 atom stereocenters. The van der Waals surface area contributed by atoms with Crippen LogP contribution in [0.3, 0.4) is 0 Å². The molecular weight excluding hydrogens is 146 g/mol. The predicted molar refractivity (Wildman–Crippen MR) is 36.4 cm³/mol. The zero-order chi connectivity index (χ0) is 6.62. The van der Waals surface area contributed by atoms with Crippen LogP contribution < -0.4 is 4.72 Å². The van der Waals surface area contributed by atoms with Gasteiger partial charge in [-0.15, -0.1) is 0 Å². The van der Waals surface area contributed by atoms with Gasteiger partial charge in [-0.1, -0.05) is 6.92 Å². The third-order valence-corrected chi connectivity index (χ3v) is 2.62. The Hall–Kier alpha value is 0.260. The lowest BCUT2D eigenvalue weighted by Crippen LogP contribution is -2.23. The first-order chi connectivity index (χ1) is 3.62. The van der Waals surface area contributed by atoms with Crippen LogP contribution in [0.2, 0.25) is 0 Å². The van der Waals surface area contributed by atoms with E-state index in [2.05, 4.69) is 17.4 Å². The summed E-state index contributed by atoms with van der Waals surface area (Å²) < 4.78 is 23.1. The summed E-state index contributed by atoms with van der Waals surface area (Å²) >= 11 is 3.58. The molecule has 5 heteroatoms. The molecule has 1 N–H and O–H groups in total. The van der Waals surface area contributed by atoms with Gasteiger partial charge < -0.3 is 0 Å². The molecule has 0 aliphatic carbocycles. The van der Waals surface area contributed by atoms with E-state index in [9.17, 15) is 8.42 Å². The normalized spacial score (nSPS) is 11.8. The molecule has 0 aliphatic rings. The van der Waals surface area contributed by atoms with E-state index in [1.165, 1.54) is 0 Å². The lowest BCUT2D eigenvalue weighted by Gasteiger charge is -1.96. The van der Waals surface area contributed by atoms with Gasteiger partial charge >= 0.3 is 0 Å². The lowest BCUT2D eigenvalue weighted by atomic mass is 10.8. The van der Waals surface area contributed by atoms with Crippen molar-refractivity contribution in [1.82, 2.24) is 4.72 Å². The highest BCUT2D eigenvalue weighted by Crippen LogP contribution is 1.84.